The Hall–Kier alpha value is -3.99. The molecular formula is C23H22N4O4. The largest absolute Gasteiger partial charge is 0.451 e. The van der Waals surface area contributed by atoms with E-state index in [9.17, 15) is 14.4 Å². The van der Waals surface area contributed by atoms with Crippen LogP contribution in [0.3, 0.4) is 0 Å². The number of hydrogen-bond donors (Lipinski definition) is 1. The minimum absolute atomic E-state index is 0.0167. The highest BCUT2D eigenvalue weighted by atomic mass is 16.5. The summed E-state index contributed by atoms with van der Waals surface area (Å²) >= 11 is 0. The van der Waals surface area contributed by atoms with E-state index in [0.29, 0.717) is 28.6 Å². The number of nitrogens with one attached hydrogen (secondary N) is 1. The van der Waals surface area contributed by atoms with Crippen LogP contribution in [0.2, 0.25) is 0 Å². The van der Waals surface area contributed by atoms with Crippen LogP contribution in [0.5, 0.6) is 0 Å². The normalized spacial score (nSPS) is 10.5. The number of rotatable bonds is 8. The summed E-state index contributed by atoms with van der Waals surface area (Å²) < 4.78 is 6.43. The number of nitrogens with zero attached hydrogens (tertiary/aromatic N) is 3. The molecule has 8 nitrogen and oxygen atoms in total. The first kappa shape index (κ1) is 21.7. The van der Waals surface area contributed by atoms with Crippen molar-refractivity contribution in [2.45, 2.75) is 32.7 Å². The summed E-state index contributed by atoms with van der Waals surface area (Å²) in [4.78, 5) is 37.6. The fourth-order valence-corrected chi connectivity index (χ4v) is 3.12. The van der Waals surface area contributed by atoms with Crippen LogP contribution < -0.4 is 10.9 Å². The molecule has 0 saturated carbocycles. The molecule has 0 radical (unpaired) electrons. The van der Waals surface area contributed by atoms with Crippen molar-refractivity contribution >= 4 is 28.3 Å². The molecule has 31 heavy (non-hydrogen) atoms. The Bertz CT molecular complexity index is 1210. The van der Waals surface area contributed by atoms with Gasteiger partial charge in [0, 0.05) is 11.9 Å². The molecule has 1 heterocycles. The molecule has 0 aliphatic carbocycles. The average molecular weight is 418 g/mol. The van der Waals surface area contributed by atoms with Gasteiger partial charge in [-0.15, -0.1) is 0 Å². The molecule has 1 N–H and O–H groups in total. The van der Waals surface area contributed by atoms with E-state index in [4.69, 9.17) is 10.00 Å². The van der Waals surface area contributed by atoms with Gasteiger partial charge in [-0.2, -0.15) is 10.4 Å². The zero-order valence-corrected chi connectivity index (χ0v) is 17.1. The molecule has 0 aliphatic rings. The number of esters is 1. The number of benzene rings is 2. The predicted molar refractivity (Wildman–Crippen MR) is 116 cm³/mol. The van der Waals surface area contributed by atoms with Crippen LogP contribution in [0.4, 0.5) is 5.69 Å². The van der Waals surface area contributed by atoms with Gasteiger partial charge in [0.1, 0.15) is 6.07 Å². The number of carbonyl (C=O) groups is 2. The van der Waals surface area contributed by atoms with Crippen LogP contribution in [-0.4, -0.2) is 28.3 Å². The maximum Gasteiger partial charge on any atom is 0.359 e. The number of aryl methyl sites for hydroxylation is 1. The number of aromatic nitrogens is 2. The molecule has 0 fully saturated rings. The Balaban J connectivity index is 1.78. The maximum absolute atomic E-state index is 12.7. The van der Waals surface area contributed by atoms with E-state index in [-0.39, 0.29) is 11.3 Å². The van der Waals surface area contributed by atoms with Crippen molar-refractivity contribution in [3.05, 3.63) is 70.1 Å². The van der Waals surface area contributed by atoms with Gasteiger partial charge in [0.15, 0.2) is 12.3 Å². The van der Waals surface area contributed by atoms with Crippen LogP contribution in [0.25, 0.3) is 10.8 Å². The highest BCUT2D eigenvalue weighted by Crippen LogP contribution is 2.16. The first-order chi connectivity index (χ1) is 15.0. The van der Waals surface area contributed by atoms with E-state index in [0.717, 1.165) is 19.3 Å². The van der Waals surface area contributed by atoms with Gasteiger partial charge in [-0.25, -0.2) is 9.48 Å². The van der Waals surface area contributed by atoms with Crippen molar-refractivity contribution in [2.75, 3.05) is 11.9 Å². The van der Waals surface area contributed by atoms with Crippen molar-refractivity contribution in [1.29, 1.82) is 5.26 Å². The number of amides is 1. The second kappa shape index (κ2) is 10.2. The van der Waals surface area contributed by atoms with Crippen molar-refractivity contribution in [3.63, 3.8) is 0 Å². The summed E-state index contributed by atoms with van der Waals surface area (Å²) in [6.07, 6.45) is 2.68. The van der Waals surface area contributed by atoms with Crippen molar-refractivity contribution in [2.24, 2.45) is 0 Å². The zero-order valence-electron chi connectivity index (χ0n) is 17.1. The van der Waals surface area contributed by atoms with Crippen LogP contribution in [0.1, 0.15) is 42.2 Å². The van der Waals surface area contributed by atoms with E-state index in [2.05, 4.69) is 17.3 Å². The van der Waals surface area contributed by atoms with Crippen molar-refractivity contribution in [1.82, 2.24) is 9.78 Å². The molecule has 3 aromatic rings. The Labute approximate surface area is 179 Å². The third-order valence-corrected chi connectivity index (χ3v) is 4.69. The number of ether oxygens (including phenoxy) is 1. The Kier molecular flexibility index (Phi) is 7.12. The molecule has 0 saturated heterocycles. The highest BCUT2D eigenvalue weighted by Gasteiger charge is 2.19. The van der Waals surface area contributed by atoms with E-state index in [1.54, 1.807) is 48.5 Å². The molecular weight excluding hydrogens is 396 g/mol. The van der Waals surface area contributed by atoms with Gasteiger partial charge in [-0.1, -0.05) is 50.1 Å². The number of fused-ring (bicyclic) bond motifs is 1. The van der Waals surface area contributed by atoms with Gasteiger partial charge in [-0.05, 0) is 24.6 Å². The number of carbonyl (C=O) groups excluding carboxylic acids is 2. The summed E-state index contributed by atoms with van der Waals surface area (Å²) in [7, 11) is 0. The molecule has 0 atom stereocenters. The van der Waals surface area contributed by atoms with Gasteiger partial charge >= 0.3 is 5.97 Å². The Morgan fingerprint density at radius 3 is 2.55 bits per heavy atom. The van der Waals surface area contributed by atoms with E-state index >= 15 is 0 Å². The number of hydrogen-bond acceptors (Lipinski definition) is 6. The minimum atomic E-state index is -0.802. The second-order valence-electron chi connectivity index (χ2n) is 6.91. The maximum atomic E-state index is 12.7. The van der Waals surface area contributed by atoms with E-state index in [1.165, 1.54) is 4.68 Å². The van der Waals surface area contributed by atoms with Crippen LogP contribution in [-0.2, 0) is 16.1 Å². The fourth-order valence-electron chi connectivity index (χ4n) is 3.12. The van der Waals surface area contributed by atoms with Crippen LogP contribution in [0, 0.1) is 11.3 Å². The molecule has 0 spiro atoms. The number of unbranched alkanes of at least 4 members (excludes halogenated alkanes) is 2. The lowest BCUT2D eigenvalue weighted by Gasteiger charge is -2.11. The number of anilines is 1. The van der Waals surface area contributed by atoms with Gasteiger partial charge in [-0.3, -0.25) is 9.59 Å². The van der Waals surface area contributed by atoms with Crippen LogP contribution in [0.15, 0.2) is 53.3 Å². The summed E-state index contributed by atoms with van der Waals surface area (Å²) in [5.41, 5.74) is 0.346. The van der Waals surface area contributed by atoms with Gasteiger partial charge in [0.05, 0.1) is 16.6 Å². The lowest BCUT2D eigenvalue weighted by molar-refractivity contribution is -0.119. The van der Waals surface area contributed by atoms with Crippen LogP contribution >= 0.6 is 0 Å². The smallest absolute Gasteiger partial charge is 0.359 e. The molecule has 0 bridgehead atoms. The lowest BCUT2D eigenvalue weighted by atomic mass is 10.1. The second-order valence-corrected chi connectivity index (χ2v) is 6.91. The van der Waals surface area contributed by atoms with Gasteiger partial charge in [0.25, 0.3) is 11.5 Å². The molecule has 0 unspecified atom stereocenters. The molecule has 1 amide bonds. The monoisotopic (exact) mass is 418 g/mol. The number of nitriles is 1. The standard InChI is InChI=1S/C23H22N4O4/c1-2-3-8-13-27-22(29)18-11-6-5-10-17(18)21(26-27)23(30)31-15-20(28)25-19-12-7-4-9-16(19)14-24/h4-7,9-12H,2-3,8,13,15H2,1H3,(H,25,28). The molecule has 158 valence electrons. The molecule has 8 heteroatoms. The first-order valence-corrected chi connectivity index (χ1v) is 10.0. The molecule has 3 rings (SSSR count). The molecule has 1 aromatic heterocycles. The Morgan fingerprint density at radius 2 is 1.81 bits per heavy atom. The fraction of sp³-hybridized carbons (Fsp3) is 0.261. The van der Waals surface area contributed by atoms with E-state index < -0.39 is 18.5 Å². The zero-order chi connectivity index (χ0) is 22.2. The summed E-state index contributed by atoms with van der Waals surface area (Å²) in [5, 5.41) is 16.6. The molecule has 0 aliphatic heterocycles. The summed E-state index contributed by atoms with van der Waals surface area (Å²) in [6.45, 7) is 1.90. The third-order valence-electron chi connectivity index (χ3n) is 4.69. The average Bonchev–Trinajstić information content (AvgIpc) is 2.79. The van der Waals surface area contributed by atoms with Gasteiger partial charge in [0.2, 0.25) is 0 Å². The summed E-state index contributed by atoms with van der Waals surface area (Å²) in [5.74, 6) is -1.39. The highest BCUT2D eigenvalue weighted by molar-refractivity contribution is 6.03. The predicted octanol–water partition coefficient (Wildman–Crippen LogP) is 3.25. The molecule has 2 aromatic carbocycles. The lowest BCUT2D eigenvalue weighted by Crippen LogP contribution is -2.28. The summed E-state index contributed by atoms with van der Waals surface area (Å²) in [6, 6.07) is 15.2. The third kappa shape index (κ3) is 5.14. The topological polar surface area (TPSA) is 114 Å². The van der Waals surface area contributed by atoms with Crippen molar-refractivity contribution in [3.8, 4) is 6.07 Å². The quantitative estimate of drug-likeness (QED) is 0.444. The minimum Gasteiger partial charge on any atom is -0.451 e. The first-order valence-electron chi connectivity index (χ1n) is 10.0. The SMILES string of the molecule is CCCCCn1nc(C(=O)OCC(=O)Nc2ccccc2C#N)c2ccccc2c1=O. The van der Waals surface area contributed by atoms with E-state index in [1.807, 2.05) is 6.07 Å². The Morgan fingerprint density at radius 1 is 1.10 bits per heavy atom. The van der Waals surface area contributed by atoms with Gasteiger partial charge < -0.3 is 10.1 Å². The van der Waals surface area contributed by atoms with Crippen molar-refractivity contribution < 1.29 is 14.3 Å². The number of para-hydroxylation sites is 1.